The van der Waals surface area contributed by atoms with Gasteiger partial charge in [-0.25, -0.2) is 0 Å². The first-order valence-corrected chi connectivity index (χ1v) is 4.25. The van der Waals surface area contributed by atoms with E-state index in [2.05, 4.69) is 10.3 Å². The van der Waals surface area contributed by atoms with Gasteiger partial charge in [0.2, 0.25) is 0 Å². The Bertz CT molecular complexity index is 488. The number of H-pyrrole nitrogens is 1. The molecule has 2 aromatic rings. The van der Waals surface area contributed by atoms with Gasteiger partial charge in [0.1, 0.15) is 5.75 Å². The largest absolute Gasteiger partial charge is 0.506 e. The average molecular weight is 190 g/mol. The lowest BCUT2D eigenvalue weighted by molar-refractivity contribution is 0.0964. The van der Waals surface area contributed by atoms with Crippen molar-refractivity contribution >= 4 is 16.8 Å². The molecule has 4 heteroatoms. The van der Waals surface area contributed by atoms with Crippen molar-refractivity contribution in [3.8, 4) is 5.75 Å². The summed E-state index contributed by atoms with van der Waals surface area (Å²) in [6.07, 6.45) is 1.47. The third-order valence-electron chi connectivity index (χ3n) is 2.17. The molecule has 0 unspecified atom stereocenters. The SMILES string of the molecule is CNC(=O)c1cccc2c(O)c[nH]c12. The zero-order valence-corrected chi connectivity index (χ0v) is 7.66. The maximum absolute atomic E-state index is 11.4. The van der Waals surface area contributed by atoms with E-state index in [0.717, 1.165) is 0 Å². The van der Waals surface area contributed by atoms with Gasteiger partial charge in [-0.15, -0.1) is 0 Å². The van der Waals surface area contributed by atoms with Gasteiger partial charge in [-0.05, 0) is 12.1 Å². The molecule has 0 aliphatic heterocycles. The number of aromatic hydroxyl groups is 1. The van der Waals surface area contributed by atoms with Gasteiger partial charge in [0.25, 0.3) is 5.91 Å². The van der Waals surface area contributed by atoms with Crippen LogP contribution < -0.4 is 5.32 Å². The summed E-state index contributed by atoms with van der Waals surface area (Å²) in [6.45, 7) is 0. The van der Waals surface area contributed by atoms with Crippen LogP contribution in [0.2, 0.25) is 0 Å². The Kier molecular flexibility index (Phi) is 1.89. The van der Waals surface area contributed by atoms with Crippen LogP contribution in [0.25, 0.3) is 10.9 Å². The topological polar surface area (TPSA) is 65.1 Å². The molecule has 0 atom stereocenters. The fourth-order valence-electron chi connectivity index (χ4n) is 1.46. The van der Waals surface area contributed by atoms with E-state index in [-0.39, 0.29) is 11.7 Å². The van der Waals surface area contributed by atoms with Crippen molar-refractivity contribution in [2.24, 2.45) is 0 Å². The molecule has 4 nitrogen and oxygen atoms in total. The summed E-state index contributed by atoms with van der Waals surface area (Å²) in [5.41, 5.74) is 1.19. The molecule has 2 rings (SSSR count). The van der Waals surface area contributed by atoms with E-state index < -0.39 is 0 Å². The van der Waals surface area contributed by atoms with Crippen molar-refractivity contribution in [1.29, 1.82) is 0 Å². The minimum atomic E-state index is -0.169. The predicted molar refractivity (Wildman–Crippen MR) is 53.4 cm³/mol. The van der Waals surface area contributed by atoms with Gasteiger partial charge in [-0.3, -0.25) is 4.79 Å². The molecule has 14 heavy (non-hydrogen) atoms. The second kappa shape index (κ2) is 3.06. The Morgan fingerprint density at radius 3 is 3.00 bits per heavy atom. The van der Waals surface area contributed by atoms with Crippen molar-refractivity contribution in [2.45, 2.75) is 0 Å². The lowest BCUT2D eigenvalue weighted by Crippen LogP contribution is -2.17. The molecule has 0 aliphatic carbocycles. The highest BCUT2D eigenvalue weighted by Crippen LogP contribution is 2.26. The number of aromatic amines is 1. The van der Waals surface area contributed by atoms with Gasteiger partial charge in [-0.1, -0.05) is 6.07 Å². The number of carbonyl (C=O) groups is 1. The highest BCUT2D eigenvalue weighted by Gasteiger charge is 2.10. The quantitative estimate of drug-likeness (QED) is 0.633. The summed E-state index contributed by atoms with van der Waals surface area (Å²) in [7, 11) is 1.57. The monoisotopic (exact) mass is 190 g/mol. The van der Waals surface area contributed by atoms with Crippen molar-refractivity contribution in [1.82, 2.24) is 10.3 Å². The summed E-state index contributed by atoms with van der Waals surface area (Å²) >= 11 is 0. The lowest BCUT2D eigenvalue weighted by atomic mass is 10.1. The molecular formula is C10H10N2O2. The average Bonchev–Trinajstić information content (AvgIpc) is 2.59. The summed E-state index contributed by atoms with van der Waals surface area (Å²) < 4.78 is 0. The smallest absolute Gasteiger partial charge is 0.253 e. The Balaban J connectivity index is 2.71. The van der Waals surface area contributed by atoms with Crippen LogP contribution in [-0.4, -0.2) is 23.0 Å². The number of hydrogen-bond acceptors (Lipinski definition) is 2. The lowest BCUT2D eigenvalue weighted by Gasteiger charge is -2.00. The highest BCUT2D eigenvalue weighted by atomic mass is 16.3. The fourth-order valence-corrected chi connectivity index (χ4v) is 1.46. The molecule has 3 N–H and O–H groups in total. The second-order valence-electron chi connectivity index (χ2n) is 2.98. The number of rotatable bonds is 1. The van der Waals surface area contributed by atoms with Gasteiger partial charge in [0.15, 0.2) is 0 Å². The molecule has 0 radical (unpaired) electrons. The normalized spacial score (nSPS) is 10.4. The first-order chi connectivity index (χ1) is 6.74. The number of para-hydroxylation sites is 1. The molecule has 72 valence electrons. The number of amides is 1. The molecule has 0 saturated carbocycles. The van der Waals surface area contributed by atoms with E-state index in [1.165, 1.54) is 6.20 Å². The van der Waals surface area contributed by atoms with Crippen LogP contribution in [0.4, 0.5) is 0 Å². The summed E-state index contributed by atoms with van der Waals surface area (Å²) in [4.78, 5) is 14.3. The fraction of sp³-hybridized carbons (Fsp3) is 0.100. The zero-order chi connectivity index (χ0) is 10.1. The van der Waals surface area contributed by atoms with Crippen LogP contribution in [0.3, 0.4) is 0 Å². The van der Waals surface area contributed by atoms with Crippen molar-refractivity contribution < 1.29 is 9.90 Å². The van der Waals surface area contributed by atoms with Gasteiger partial charge in [0, 0.05) is 18.6 Å². The minimum absolute atomic E-state index is 0.158. The maximum atomic E-state index is 11.4. The number of hydrogen-bond donors (Lipinski definition) is 3. The third-order valence-corrected chi connectivity index (χ3v) is 2.17. The van der Waals surface area contributed by atoms with Gasteiger partial charge < -0.3 is 15.4 Å². The molecule has 0 spiro atoms. The van der Waals surface area contributed by atoms with Crippen LogP contribution in [0.1, 0.15) is 10.4 Å². The van der Waals surface area contributed by atoms with Crippen LogP contribution in [0.15, 0.2) is 24.4 Å². The van der Waals surface area contributed by atoms with Crippen molar-refractivity contribution in [3.63, 3.8) is 0 Å². The molecule has 0 fully saturated rings. The van der Waals surface area contributed by atoms with E-state index in [4.69, 9.17) is 0 Å². The van der Waals surface area contributed by atoms with Crippen LogP contribution in [0.5, 0.6) is 5.75 Å². The molecule has 0 aliphatic rings. The molecular weight excluding hydrogens is 180 g/mol. The first kappa shape index (κ1) is 8.62. The zero-order valence-electron chi connectivity index (χ0n) is 7.66. The van der Waals surface area contributed by atoms with Crippen LogP contribution in [-0.2, 0) is 0 Å². The maximum Gasteiger partial charge on any atom is 0.253 e. The number of nitrogens with one attached hydrogen (secondary N) is 2. The first-order valence-electron chi connectivity index (χ1n) is 4.25. The minimum Gasteiger partial charge on any atom is -0.506 e. The van der Waals surface area contributed by atoms with Crippen LogP contribution in [0, 0.1) is 0 Å². The molecule has 0 bridgehead atoms. The number of carbonyl (C=O) groups excluding carboxylic acids is 1. The molecule has 1 heterocycles. The molecule has 1 aromatic carbocycles. The molecule has 0 saturated heterocycles. The van der Waals surface area contributed by atoms with E-state index in [9.17, 15) is 9.90 Å². The standard InChI is InChI=1S/C10H10N2O2/c1-11-10(14)7-4-2-3-6-8(13)5-12-9(6)7/h2-5,12-13H,1H3,(H,11,14). The van der Waals surface area contributed by atoms with Gasteiger partial charge in [-0.2, -0.15) is 0 Å². The van der Waals surface area contributed by atoms with Crippen molar-refractivity contribution in [3.05, 3.63) is 30.0 Å². The van der Waals surface area contributed by atoms with E-state index in [1.54, 1.807) is 25.2 Å². The van der Waals surface area contributed by atoms with Crippen molar-refractivity contribution in [2.75, 3.05) is 7.05 Å². The third kappa shape index (κ3) is 1.12. The Hall–Kier alpha value is -1.97. The second-order valence-corrected chi connectivity index (χ2v) is 2.98. The number of fused-ring (bicyclic) bond motifs is 1. The van der Waals surface area contributed by atoms with E-state index in [1.807, 2.05) is 0 Å². The Labute approximate surface area is 80.6 Å². The van der Waals surface area contributed by atoms with E-state index >= 15 is 0 Å². The number of benzene rings is 1. The van der Waals surface area contributed by atoms with E-state index in [0.29, 0.717) is 16.5 Å². The van der Waals surface area contributed by atoms with Gasteiger partial charge >= 0.3 is 0 Å². The summed E-state index contributed by atoms with van der Waals surface area (Å²) in [6, 6.07) is 5.20. The molecule has 1 amide bonds. The Morgan fingerprint density at radius 1 is 1.50 bits per heavy atom. The highest BCUT2D eigenvalue weighted by molar-refractivity contribution is 6.06. The Morgan fingerprint density at radius 2 is 2.29 bits per heavy atom. The van der Waals surface area contributed by atoms with Crippen LogP contribution >= 0.6 is 0 Å². The molecule has 1 aromatic heterocycles. The summed E-state index contributed by atoms with van der Waals surface area (Å²) in [5, 5.41) is 12.6. The van der Waals surface area contributed by atoms with Gasteiger partial charge in [0.05, 0.1) is 11.1 Å². The number of aromatic nitrogens is 1. The predicted octanol–water partition coefficient (Wildman–Crippen LogP) is 1.23. The summed E-state index contributed by atoms with van der Waals surface area (Å²) in [5.74, 6) is -0.0109.